The van der Waals surface area contributed by atoms with Crippen LogP contribution in [0, 0.1) is 5.41 Å². The summed E-state index contributed by atoms with van der Waals surface area (Å²) in [6, 6.07) is 0.839. The maximum atomic E-state index is 5.99. The highest BCUT2D eigenvalue weighted by molar-refractivity contribution is 4.92. The summed E-state index contributed by atoms with van der Waals surface area (Å²) in [5.74, 6) is 0. The Balaban J connectivity index is 1.94. The highest BCUT2D eigenvalue weighted by Crippen LogP contribution is 2.41. The molecule has 2 N–H and O–H groups in total. The van der Waals surface area contributed by atoms with Gasteiger partial charge in [-0.25, -0.2) is 0 Å². The van der Waals surface area contributed by atoms with Gasteiger partial charge in [0.1, 0.15) is 0 Å². The zero-order valence-corrected chi connectivity index (χ0v) is 10.9. The molecule has 1 saturated heterocycles. The molecule has 2 aliphatic rings. The first kappa shape index (κ1) is 12.4. The second-order valence-electron chi connectivity index (χ2n) is 5.94. The van der Waals surface area contributed by atoms with Crippen molar-refractivity contribution in [3.05, 3.63) is 0 Å². The maximum Gasteiger partial charge on any atom is 0.00928 e. The van der Waals surface area contributed by atoms with Gasteiger partial charge in [0.05, 0.1) is 0 Å². The molecule has 0 radical (unpaired) electrons. The van der Waals surface area contributed by atoms with Crippen molar-refractivity contribution in [2.24, 2.45) is 11.1 Å². The third-order valence-electron chi connectivity index (χ3n) is 4.86. The lowest BCUT2D eigenvalue weighted by molar-refractivity contribution is 0.0514. The van der Waals surface area contributed by atoms with E-state index in [1.54, 1.807) is 0 Å². The predicted molar refractivity (Wildman–Crippen MR) is 69.5 cm³/mol. The smallest absolute Gasteiger partial charge is 0.00928 e. The molecule has 1 atom stereocenters. The van der Waals surface area contributed by atoms with Crippen molar-refractivity contribution in [3.63, 3.8) is 0 Å². The predicted octanol–water partition coefficient (Wildman–Crippen LogP) is 2.77. The molecule has 0 aromatic carbocycles. The average molecular weight is 224 g/mol. The quantitative estimate of drug-likeness (QED) is 0.795. The van der Waals surface area contributed by atoms with E-state index < -0.39 is 0 Å². The maximum absolute atomic E-state index is 5.99. The summed E-state index contributed by atoms with van der Waals surface area (Å²) >= 11 is 0. The third kappa shape index (κ3) is 2.60. The molecule has 16 heavy (non-hydrogen) atoms. The van der Waals surface area contributed by atoms with Gasteiger partial charge >= 0.3 is 0 Å². The van der Waals surface area contributed by atoms with Crippen LogP contribution in [0.15, 0.2) is 0 Å². The van der Waals surface area contributed by atoms with E-state index in [0.29, 0.717) is 5.41 Å². The summed E-state index contributed by atoms with van der Waals surface area (Å²) in [5.41, 5.74) is 6.48. The topological polar surface area (TPSA) is 29.3 Å². The standard InChI is InChI=1S/C14H28N2/c1-2-13-7-4-3-5-10-16(13)12-14(11-15)8-6-9-14/h13H,2-12,15H2,1H3. The van der Waals surface area contributed by atoms with Gasteiger partial charge in [0.2, 0.25) is 0 Å². The molecular weight excluding hydrogens is 196 g/mol. The number of rotatable bonds is 4. The van der Waals surface area contributed by atoms with Crippen molar-refractivity contribution in [1.82, 2.24) is 4.90 Å². The minimum absolute atomic E-state index is 0.498. The van der Waals surface area contributed by atoms with E-state index >= 15 is 0 Å². The van der Waals surface area contributed by atoms with E-state index in [1.165, 1.54) is 64.5 Å². The fraction of sp³-hybridized carbons (Fsp3) is 1.00. The molecule has 2 rings (SSSR count). The number of likely N-dealkylation sites (tertiary alicyclic amines) is 1. The normalized spacial score (nSPS) is 30.8. The first-order valence-corrected chi connectivity index (χ1v) is 7.24. The van der Waals surface area contributed by atoms with E-state index in [2.05, 4.69) is 11.8 Å². The van der Waals surface area contributed by atoms with Crippen molar-refractivity contribution in [3.8, 4) is 0 Å². The summed E-state index contributed by atoms with van der Waals surface area (Å²) in [5, 5.41) is 0. The monoisotopic (exact) mass is 224 g/mol. The lowest BCUT2D eigenvalue weighted by Crippen LogP contribution is -2.49. The van der Waals surface area contributed by atoms with Crippen LogP contribution < -0.4 is 5.73 Å². The van der Waals surface area contributed by atoms with Gasteiger partial charge in [0, 0.05) is 12.6 Å². The van der Waals surface area contributed by atoms with Crippen molar-refractivity contribution >= 4 is 0 Å². The summed E-state index contributed by atoms with van der Waals surface area (Å²) < 4.78 is 0. The van der Waals surface area contributed by atoms with E-state index in [-0.39, 0.29) is 0 Å². The van der Waals surface area contributed by atoms with Crippen molar-refractivity contribution in [2.45, 2.75) is 64.3 Å². The number of nitrogens with two attached hydrogens (primary N) is 1. The fourth-order valence-electron chi connectivity index (χ4n) is 3.44. The molecule has 0 amide bonds. The molecule has 1 unspecified atom stereocenters. The summed E-state index contributed by atoms with van der Waals surface area (Å²) in [7, 11) is 0. The van der Waals surface area contributed by atoms with Gasteiger partial charge in [0.15, 0.2) is 0 Å². The molecule has 0 aromatic rings. The molecule has 0 aromatic heterocycles. The molecule has 0 spiro atoms. The molecule has 1 saturated carbocycles. The molecule has 2 fully saturated rings. The summed E-state index contributed by atoms with van der Waals surface area (Å²) in [6.45, 7) is 5.85. The van der Waals surface area contributed by atoms with Crippen LogP contribution in [0.3, 0.4) is 0 Å². The molecule has 1 aliphatic carbocycles. The first-order chi connectivity index (χ1) is 7.79. The van der Waals surface area contributed by atoms with Crippen LogP contribution in [0.25, 0.3) is 0 Å². The Labute approximate surface area is 101 Å². The highest BCUT2D eigenvalue weighted by atomic mass is 15.2. The second kappa shape index (κ2) is 5.50. The first-order valence-electron chi connectivity index (χ1n) is 7.24. The lowest BCUT2D eigenvalue weighted by atomic mass is 9.68. The Bertz CT molecular complexity index is 205. The van der Waals surface area contributed by atoms with Crippen LogP contribution in [-0.4, -0.2) is 30.6 Å². The zero-order valence-electron chi connectivity index (χ0n) is 10.9. The minimum atomic E-state index is 0.498. The van der Waals surface area contributed by atoms with Gasteiger partial charge in [0.25, 0.3) is 0 Å². The Kier molecular flexibility index (Phi) is 4.26. The van der Waals surface area contributed by atoms with Crippen molar-refractivity contribution in [2.75, 3.05) is 19.6 Å². The minimum Gasteiger partial charge on any atom is -0.330 e. The second-order valence-corrected chi connectivity index (χ2v) is 5.94. The number of nitrogens with zero attached hydrogens (tertiary/aromatic N) is 1. The third-order valence-corrected chi connectivity index (χ3v) is 4.86. The van der Waals surface area contributed by atoms with Crippen molar-refractivity contribution < 1.29 is 0 Å². The Morgan fingerprint density at radius 1 is 1.19 bits per heavy atom. The van der Waals surface area contributed by atoms with Gasteiger partial charge in [-0.05, 0) is 50.6 Å². The van der Waals surface area contributed by atoms with Gasteiger partial charge in [-0.2, -0.15) is 0 Å². The summed E-state index contributed by atoms with van der Waals surface area (Å²) in [4.78, 5) is 2.76. The Morgan fingerprint density at radius 2 is 2.00 bits per heavy atom. The summed E-state index contributed by atoms with van der Waals surface area (Å²) in [6.07, 6.45) is 11.1. The van der Waals surface area contributed by atoms with Gasteiger partial charge in [-0.15, -0.1) is 0 Å². The van der Waals surface area contributed by atoms with Crippen molar-refractivity contribution in [1.29, 1.82) is 0 Å². The van der Waals surface area contributed by atoms with Crippen LogP contribution in [0.1, 0.15) is 58.3 Å². The number of hydrogen-bond donors (Lipinski definition) is 1. The van der Waals surface area contributed by atoms with E-state index in [4.69, 9.17) is 5.73 Å². The van der Waals surface area contributed by atoms with Crippen LogP contribution in [0.5, 0.6) is 0 Å². The molecule has 1 heterocycles. The largest absolute Gasteiger partial charge is 0.330 e. The molecule has 2 nitrogen and oxygen atoms in total. The van der Waals surface area contributed by atoms with Crippen LogP contribution in [-0.2, 0) is 0 Å². The molecular formula is C14H28N2. The van der Waals surface area contributed by atoms with Crippen LogP contribution in [0.2, 0.25) is 0 Å². The molecule has 0 bridgehead atoms. The highest BCUT2D eigenvalue weighted by Gasteiger charge is 2.38. The SMILES string of the molecule is CCC1CCCCCN1CC1(CN)CCC1. The molecule has 94 valence electrons. The fourth-order valence-corrected chi connectivity index (χ4v) is 3.44. The van der Waals surface area contributed by atoms with Crippen LogP contribution >= 0.6 is 0 Å². The zero-order chi connectivity index (χ0) is 11.4. The van der Waals surface area contributed by atoms with Gasteiger partial charge in [-0.1, -0.05) is 26.2 Å². The number of hydrogen-bond acceptors (Lipinski definition) is 2. The van der Waals surface area contributed by atoms with E-state index in [9.17, 15) is 0 Å². The molecule has 1 aliphatic heterocycles. The van der Waals surface area contributed by atoms with Crippen LogP contribution in [0.4, 0.5) is 0 Å². The Hall–Kier alpha value is -0.0800. The van der Waals surface area contributed by atoms with E-state index in [0.717, 1.165) is 12.6 Å². The Morgan fingerprint density at radius 3 is 2.56 bits per heavy atom. The van der Waals surface area contributed by atoms with Gasteiger partial charge in [-0.3, -0.25) is 4.90 Å². The lowest BCUT2D eigenvalue weighted by Gasteiger charge is -2.46. The van der Waals surface area contributed by atoms with E-state index in [1.807, 2.05) is 0 Å². The molecule has 2 heteroatoms. The average Bonchev–Trinajstić information content (AvgIpc) is 2.48. The van der Waals surface area contributed by atoms with Gasteiger partial charge < -0.3 is 5.73 Å².